The predicted octanol–water partition coefficient (Wildman–Crippen LogP) is 2.91. The molecule has 1 saturated heterocycles. The van der Waals surface area contributed by atoms with Crippen molar-refractivity contribution in [3.8, 4) is 0 Å². The molecule has 1 N–H and O–H groups in total. The standard InChI is InChI=1S/C16H33N3O2S.HI/c1-7-9-16(4)10-8-11-19(13-16)14(17-5)18-12-15(2,3)22(6,20)21;/h7-13H2,1-6H3,(H,17,18);1H. The number of sulfone groups is 1. The van der Waals surface area contributed by atoms with E-state index in [2.05, 4.69) is 29.1 Å². The summed E-state index contributed by atoms with van der Waals surface area (Å²) in [6, 6.07) is 0. The first-order valence-corrected chi connectivity index (χ1v) is 10.1. The van der Waals surface area contributed by atoms with Gasteiger partial charge in [0, 0.05) is 32.9 Å². The fourth-order valence-electron chi connectivity index (χ4n) is 3.06. The molecule has 1 heterocycles. The van der Waals surface area contributed by atoms with Crippen LogP contribution in [-0.4, -0.2) is 57.0 Å². The van der Waals surface area contributed by atoms with Crippen molar-refractivity contribution in [1.29, 1.82) is 0 Å². The Kier molecular flexibility index (Phi) is 8.85. The molecule has 0 aromatic rings. The van der Waals surface area contributed by atoms with Gasteiger partial charge in [-0.05, 0) is 38.5 Å². The van der Waals surface area contributed by atoms with Crippen LogP contribution in [0, 0.1) is 5.41 Å². The van der Waals surface area contributed by atoms with Crippen molar-refractivity contribution in [3.63, 3.8) is 0 Å². The van der Waals surface area contributed by atoms with Crippen LogP contribution in [0.3, 0.4) is 0 Å². The highest BCUT2D eigenvalue weighted by Gasteiger charge is 2.34. The molecule has 0 bridgehead atoms. The second kappa shape index (κ2) is 8.87. The van der Waals surface area contributed by atoms with Crippen LogP contribution in [0.4, 0.5) is 0 Å². The largest absolute Gasteiger partial charge is 0.355 e. The fourth-order valence-corrected chi connectivity index (χ4v) is 3.39. The highest BCUT2D eigenvalue weighted by molar-refractivity contribution is 14.0. The predicted molar refractivity (Wildman–Crippen MR) is 110 cm³/mol. The summed E-state index contributed by atoms with van der Waals surface area (Å²) in [7, 11) is -1.34. The number of hydrogen-bond donors (Lipinski definition) is 1. The molecule has 1 atom stereocenters. The van der Waals surface area contributed by atoms with Crippen LogP contribution >= 0.6 is 24.0 Å². The Morgan fingerprint density at radius 3 is 2.48 bits per heavy atom. The lowest BCUT2D eigenvalue weighted by molar-refractivity contribution is 0.142. The summed E-state index contributed by atoms with van der Waals surface area (Å²) in [5.74, 6) is 0.818. The third-order valence-electron chi connectivity index (χ3n) is 4.82. The van der Waals surface area contributed by atoms with Crippen LogP contribution < -0.4 is 5.32 Å². The molecule has 1 aliphatic heterocycles. The summed E-state index contributed by atoms with van der Waals surface area (Å²) in [4.78, 5) is 6.63. The topological polar surface area (TPSA) is 61.8 Å². The summed E-state index contributed by atoms with van der Waals surface area (Å²) in [6.45, 7) is 10.4. The molecular weight excluding hydrogens is 425 g/mol. The Morgan fingerprint density at radius 1 is 1.39 bits per heavy atom. The quantitative estimate of drug-likeness (QED) is 0.390. The van der Waals surface area contributed by atoms with E-state index < -0.39 is 14.6 Å². The smallest absolute Gasteiger partial charge is 0.193 e. The van der Waals surface area contributed by atoms with Gasteiger partial charge in [-0.3, -0.25) is 4.99 Å². The van der Waals surface area contributed by atoms with E-state index in [1.807, 2.05) is 0 Å². The highest BCUT2D eigenvalue weighted by Crippen LogP contribution is 2.33. The van der Waals surface area contributed by atoms with Gasteiger partial charge >= 0.3 is 0 Å². The minimum absolute atomic E-state index is 0. The zero-order valence-corrected chi connectivity index (χ0v) is 18.6. The van der Waals surface area contributed by atoms with Crippen LogP contribution in [0.5, 0.6) is 0 Å². The molecule has 1 fully saturated rings. The molecule has 7 heteroatoms. The van der Waals surface area contributed by atoms with Gasteiger partial charge < -0.3 is 10.2 Å². The lowest BCUT2D eigenvalue weighted by Gasteiger charge is -2.42. The number of nitrogens with zero attached hydrogens (tertiary/aromatic N) is 2. The maximum Gasteiger partial charge on any atom is 0.193 e. The van der Waals surface area contributed by atoms with Gasteiger partial charge in [0.25, 0.3) is 0 Å². The molecule has 1 rings (SSSR count). The molecule has 0 radical (unpaired) electrons. The Morgan fingerprint density at radius 2 is 2.00 bits per heavy atom. The maximum atomic E-state index is 11.8. The molecule has 0 aliphatic carbocycles. The number of likely N-dealkylation sites (tertiary alicyclic amines) is 1. The second-order valence-corrected chi connectivity index (χ2v) is 10.2. The van der Waals surface area contributed by atoms with E-state index in [1.54, 1.807) is 20.9 Å². The molecule has 0 spiro atoms. The average Bonchev–Trinajstić information content (AvgIpc) is 2.38. The maximum absolute atomic E-state index is 11.8. The van der Waals surface area contributed by atoms with E-state index in [1.165, 1.54) is 25.5 Å². The summed E-state index contributed by atoms with van der Waals surface area (Å²) >= 11 is 0. The van der Waals surface area contributed by atoms with E-state index >= 15 is 0 Å². The lowest BCUT2D eigenvalue weighted by Crippen LogP contribution is -2.53. The third-order valence-corrected chi connectivity index (χ3v) is 6.97. The second-order valence-electron chi connectivity index (χ2n) is 7.52. The number of aliphatic imine (C=N–C) groups is 1. The first kappa shape index (κ1) is 22.9. The van der Waals surface area contributed by atoms with E-state index in [-0.39, 0.29) is 24.0 Å². The molecule has 0 amide bonds. The molecule has 5 nitrogen and oxygen atoms in total. The van der Waals surface area contributed by atoms with Gasteiger partial charge in [-0.25, -0.2) is 8.42 Å². The van der Waals surface area contributed by atoms with Crippen molar-refractivity contribution in [1.82, 2.24) is 10.2 Å². The molecule has 23 heavy (non-hydrogen) atoms. The van der Waals surface area contributed by atoms with E-state index in [0.29, 0.717) is 12.0 Å². The molecule has 0 aromatic carbocycles. The van der Waals surface area contributed by atoms with Crippen LogP contribution in [0.25, 0.3) is 0 Å². The van der Waals surface area contributed by atoms with Crippen molar-refractivity contribution in [3.05, 3.63) is 0 Å². The minimum atomic E-state index is -3.10. The zero-order valence-electron chi connectivity index (χ0n) is 15.5. The number of piperidine rings is 1. The molecule has 138 valence electrons. The van der Waals surface area contributed by atoms with E-state index in [0.717, 1.165) is 25.5 Å². The van der Waals surface area contributed by atoms with Crippen LogP contribution in [0.1, 0.15) is 53.4 Å². The third kappa shape index (κ3) is 6.40. The average molecular weight is 459 g/mol. The van der Waals surface area contributed by atoms with E-state index in [9.17, 15) is 8.42 Å². The lowest BCUT2D eigenvalue weighted by atomic mass is 9.78. The van der Waals surface area contributed by atoms with Crippen molar-refractivity contribution >= 4 is 39.8 Å². The van der Waals surface area contributed by atoms with Gasteiger partial charge in [0.1, 0.15) is 0 Å². The Labute approximate surface area is 159 Å². The highest BCUT2D eigenvalue weighted by atomic mass is 127. The van der Waals surface area contributed by atoms with Crippen LogP contribution in [0.15, 0.2) is 4.99 Å². The van der Waals surface area contributed by atoms with Gasteiger partial charge in [-0.15, -0.1) is 24.0 Å². The van der Waals surface area contributed by atoms with Gasteiger partial charge in [0.15, 0.2) is 15.8 Å². The van der Waals surface area contributed by atoms with Crippen molar-refractivity contribution in [2.75, 3.05) is 32.9 Å². The zero-order chi connectivity index (χ0) is 17.0. The number of hydrogen-bond acceptors (Lipinski definition) is 3. The summed E-state index contributed by atoms with van der Waals surface area (Å²) in [5.41, 5.74) is 0.330. The Bertz CT molecular complexity index is 501. The van der Waals surface area contributed by atoms with Crippen LogP contribution in [0.2, 0.25) is 0 Å². The van der Waals surface area contributed by atoms with Gasteiger partial charge in [-0.2, -0.15) is 0 Å². The molecule has 0 saturated carbocycles. The van der Waals surface area contributed by atoms with Crippen LogP contribution in [-0.2, 0) is 9.84 Å². The summed E-state index contributed by atoms with van der Waals surface area (Å²) in [6.07, 6.45) is 6.11. The first-order valence-electron chi connectivity index (χ1n) is 8.20. The summed E-state index contributed by atoms with van der Waals surface area (Å²) < 4.78 is 22.8. The van der Waals surface area contributed by atoms with Gasteiger partial charge in [0.2, 0.25) is 0 Å². The molecular formula is C16H34IN3O2S. The number of rotatable bonds is 5. The van der Waals surface area contributed by atoms with Crippen molar-refractivity contribution < 1.29 is 8.42 Å². The monoisotopic (exact) mass is 459 g/mol. The fraction of sp³-hybridized carbons (Fsp3) is 0.938. The first-order chi connectivity index (χ1) is 10.0. The van der Waals surface area contributed by atoms with Gasteiger partial charge in [0.05, 0.1) is 4.75 Å². The molecule has 1 aliphatic rings. The van der Waals surface area contributed by atoms with Crippen molar-refractivity contribution in [2.24, 2.45) is 10.4 Å². The Hall–Kier alpha value is -0.0500. The normalized spacial score (nSPS) is 23.4. The molecule has 0 aromatic heterocycles. The Balaban J connectivity index is 0.00000484. The number of halogens is 1. The number of nitrogens with one attached hydrogen (secondary N) is 1. The SMILES string of the molecule is CCCC1(C)CCCN(C(=NC)NCC(C)(C)S(C)(=O)=O)C1.I. The number of guanidine groups is 1. The molecule has 1 unspecified atom stereocenters. The van der Waals surface area contributed by atoms with E-state index in [4.69, 9.17) is 0 Å². The summed E-state index contributed by atoms with van der Waals surface area (Å²) in [5, 5.41) is 3.26. The van der Waals surface area contributed by atoms with Gasteiger partial charge in [-0.1, -0.05) is 20.3 Å². The minimum Gasteiger partial charge on any atom is -0.355 e. The van der Waals surface area contributed by atoms with Crippen molar-refractivity contribution in [2.45, 2.75) is 58.1 Å².